The number of hydrogen-bond donors (Lipinski definition) is 2. The van der Waals surface area contributed by atoms with E-state index in [1.807, 2.05) is 11.3 Å². The lowest BCUT2D eigenvalue weighted by atomic mass is 10.1. The first kappa shape index (κ1) is 11.7. The number of nitrogens with one attached hydrogen (secondary N) is 1. The summed E-state index contributed by atoms with van der Waals surface area (Å²) in [6, 6.07) is 4.26. The van der Waals surface area contributed by atoms with E-state index in [4.69, 9.17) is 5.73 Å². The Hall–Kier alpha value is -0.380. The average Bonchev–Trinajstić information content (AvgIpc) is 2.69. The molecule has 0 saturated heterocycles. The Morgan fingerprint density at radius 2 is 2.43 bits per heavy atom. The van der Waals surface area contributed by atoms with Crippen LogP contribution in [-0.2, 0) is 6.54 Å². The summed E-state index contributed by atoms with van der Waals surface area (Å²) in [5, 5.41) is 5.56. The van der Waals surface area contributed by atoms with Gasteiger partial charge in [0, 0.05) is 11.4 Å². The van der Waals surface area contributed by atoms with Gasteiger partial charge in [0.25, 0.3) is 0 Å². The topological polar surface area (TPSA) is 38.0 Å². The minimum Gasteiger partial charge on any atom is -0.330 e. The van der Waals surface area contributed by atoms with Crippen LogP contribution in [0.1, 0.15) is 24.6 Å². The number of hydrogen-bond acceptors (Lipinski definition) is 3. The molecule has 2 nitrogen and oxygen atoms in total. The van der Waals surface area contributed by atoms with Crippen molar-refractivity contribution in [3.8, 4) is 0 Å². The molecule has 0 spiro atoms. The fraction of sp³-hybridized carbons (Fsp3) is 0.636. The van der Waals surface area contributed by atoms with Crippen molar-refractivity contribution in [1.82, 2.24) is 5.32 Å². The maximum atomic E-state index is 5.55. The molecule has 3 heteroatoms. The minimum atomic E-state index is 0.665. The summed E-state index contributed by atoms with van der Waals surface area (Å²) in [4.78, 5) is 1.41. The van der Waals surface area contributed by atoms with Crippen molar-refractivity contribution in [2.24, 2.45) is 11.7 Å². The molecule has 14 heavy (non-hydrogen) atoms. The van der Waals surface area contributed by atoms with Crippen LogP contribution in [0.25, 0.3) is 0 Å². The van der Waals surface area contributed by atoms with Crippen LogP contribution < -0.4 is 11.1 Å². The molecule has 0 fully saturated rings. The van der Waals surface area contributed by atoms with Gasteiger partial charge >= 0.3 is 0 Å². The van der Waals surface area contributed by atoms with Crippen molar-refractivity contribution in [2.45, 2.75) is 26.3 Å². The van der Waals surface area contributed by atoms with E-state index in [-0.39, 0.29) is 0 Å². The molecule has 1 unspecified atom stereocenters. The highest BCUT2D eigenvalue weighted by Crippen LogP contribution is 2.07. The number of rotatable bonds is 7. The standard InChI is InChI=1S/C11H20N2S/c1-10(8-12)4-2-6-13-9-11-5-3-7-14-11/h3,5,7,10,13H,2,4,6,8-9,12H2,1H3. The fourth-order valence-corrected chi connectivity index (χ4v) is 1.99. The molecule has 0 aliphatic carbocycles. The van der Waals surface area contributed by atoms with Gasteiger partial charge in [-0.15, -0.1) is 11.3 Å². The van der Waals surface area contributed by atoms with Gasteiger partial charge in [-0.25, -0.2) is 0 Å². The highest BCUT2D eigenvalue weighted by molar-refractivity contribution is 7.09. The Labute approximate surface area is 90.5 Å². The van der Waals surface area contributed by atoms with Crippen molar-refractivity contribution in [1.29, 1.82) is 0 Å². The van der Waals surface area contributed by atoms with Crippen molar-refractivity contribution in [2.75, 3.05) is 13.1 Å². The van der Waals surface area contributed by atoms with Gasteiger partial charge in [0.15, 0.2) is 0 Å². The lowest BCUT2D eigenvalue weighted by Crippen LogP contribution is -2.17. The van der Waals surface area contributed by atoms with Crippen molar-refractivity contribution < 1.29 is 0 Å². The summed E-state index contributed by atoms with van der Waals surface area (Å²) in [7, 11) is 0. The van der Waals surface area contributed by atoms with E-state index < -0.39 is 0 Å². The molecule has 1 aromatic rings. The number of nitrogens with two attached hydrogens (primary N) is 1. The van der Waals surface area contributed by atoms with E-state index in [9.17, 15) is 0 Å². The van der Waals surface area contributed by atoms with Gasteiger partial charge in [-0.05, 0) is 43.3 Å². The maximum Gasteiger partial charge on any atom is 0.0299 e. The maximum absolute atomic E-state index is 5.55. The molecule has 3 N–H and O–H groups in total. The van der Waals surface area contributed by atoms with E-state index in [0.717, 1.165) is 19.6 Å². The zero-order chi connectivity index (χ0) is 10.2. The van der Waals surface area contributed by atoms with Crippen molar-refractivity contribution >= 4 is 11.3 Å². The quantitative estimate of drug-likeness (QED) is 0.680. The van der Waals surface area contributed by atoms with E-state index in [1.165, 1.54) is 17.7 Å². The molecule has 1 rings (SSSR count). The third-order valence-electron chi connectivity index (χ3n) is 2.33. The molecule has 0 aliphatic heterocycles. The first-order chi connectivity index (χ1) is 6.83. The van der Waals surface area contributed by atoms with Crippen LogP contribution in [0, 0.1) is 5.92 Å². The summed E-state index contributed by atoms with van der Waals surface area (Å²) < 4.78 is 0. The Bertz CT molecular complexity index is 221. The monoisotopic (exact) mass is 212 g/mol. The average molecular weight is 212 g/mol. The van der Waals surface area contributed by atoms with Crippen LogP contribution in [0.15, 0.2) is 17.5 Å². The predicted molar refractivity (Wildman–Crippen MR) is 63.5 cm³/mol. The highest BCUT2D eigenvalue weighted by Gasteiger charge is 1.98. The molecule has 0 aliphatic rings. The zero-order valence-corrected chi connectivity index (χ0v) is 9.65. The van der Waals surface area contributed by atoms with Gasteiger partial charge in [0.1, 0.15) is 0 Å². The smallest absolute Gasteiger partial charge is 0.0299 e. The second-order valence-corrected chi connectivity index (χ2v) is 4.77. The molecular weight excluding hydrogens is 192 g/mol. The van der Waals surface area contributed by atoms with Gasteiger partial charge in [0.05, 0.1) is 0 Å². The molecule has 0 amide bonds. The van der Waals surface area contributed by atoms with Gasteiger partial charge < -0.3 is 11.1 Å². The molecular formula is C11H20N2S. The summed E-state index contributed by atoms with van der Waals surface area (Å²) in [5.41, 5.74) is 5.55. The SMILES string of the molecule is CC(CN)CCCNCc1cccs1. The molecule has 0 saturated carbocycles. The van der Waals surface area contributed by atoms with Gasteiger partial charge in [-0.3, -0.25) is 0 Å². The largest absolute Gasteiger partial charge is 0.330 e. The Morgan fingerprint density at radius 3 is 3.07 bits per heavy atom. The molecule has 80 valence electrons. The second-order valence-electron chi connectivity index (χ2n) is 3.74. The lowest BCUT2D eigenvalue weighted by molar-refractivity contribution is 0.502. The van der Waals surface area contributed by atoms with E-state index in [0.29, 0.717) is 5.92 Å². The first-order valence-corrected chi connectivity index (χ1v) is 6.14. The van der Waals surface area contributed by atoms with E-state index >= 15 is 0 Å². The van der Waals surface area contributed by atoms with Crippen molar-refractivity contribution in [3.63, 3.8) is 0 Å². The molecule has 1 heterocycles. The third-order valence-corrected chi connectivity index (χ3v) is 3.21. The predicted octanol–water partition coefficient (Wildman–Crippen LogP) is 2.21. The zero-order valence-electron chi connectivity index (χ0n) is 8.83. The normalized spacial score (nSPS) is 13.0. The summed E-state index contributed by atoms with van der Waals surface area (Å²) >= 11 is 1.81. The lowest BCUT2D eigenvalue weighted by Gasteiger charge is -2.07. The highest BCUT2D eigenvalue weighted by atomic mass is 32.1. The van der Waals surface area contributed by atoms with Crippen molar-refractivity contribution in [3.05, 3.63) is 22.4 Å². The van der Waals surface area contributed by atoms with Crippen LogP contribution >= 0.6 is 11.3 Å². The molecule has 1 atom stereocenters. The fourth-order valence-electron chi connectivity index (χ4n) is 1.32. The van der Waals surface area contributed by atoms with Gasteiger partial charge in [0.2, 0.25) is 0 Å². The number of thiophene rings is 1. The minimum absolute atomic E-state index is 0.665. The van der Waals surface area contributed by atoms with Crippen LogP contribution in [0.2, 0.25) is 0 Å². The van der Waals surface area contributed by atoms with Crippen LogP contribution in [-0.4, -0.2) is 13.1 Å². The molecule has 0 radical (unpaired) electrons. The van der Waals surface area contributed by atoms with Gasteiger partial charge in [-0.1, -0.05) is 13.0 Å². The van der Waals surface area contributed by atoms with E-state index in [1.54, 1.807) is 0 Å². The Balaban J connectivity index is 1.95. The molecule has 0 bridgehead atoms. The second kappa shape index (κ2) is 6.98. The van der Waals surface area contributed by atoms with Gasteiger partial charge in [-0.2, -0.15) is 0 Å². The molecule has 1 aromatic heterocycles. The van der Waals surface area contributed by atoms with Crippen LogP contribution in [0.3, 0.4) is 0 Å². The van der Waals surface area contributed by atoms with Crippen LogP contribution in [0.4, 0.5) is 0 Å². The first-order valence-electron chi connectivity index (χ1n) is 5.26. The molecule has 0 aromatic carbocycles. The summed E-state index contributed by atoms with van der Waals surface area (Å²) in [5.74, 6) is 0.665. The summed E-state index contributed by atoms with van der Waals surface area (Å²) in [6.45, 7) is 5.13. The van der Waals surface area contributed by atoms with E-state index in [2.05, 4.69) is 29.8 Å². The van der Waals surface area contributed by atoms with Crippen LogP contribution in [0.5, 0.6) is 0 Å². The Morgan fingerprint density at radius 1 is 1.57 bits per heavy atom. The summed E-state index contributed by atoms with van der Waals surface area (Å²) in [6.07, 6.45) is 2.46. The Kier molecular flexibility index (Phi) is 5.83. The third kappa shape index (κ3) is 4.74.